The number of likely N-dealkylation sites (N-methyl/N-ethyl adjacent to an activating group) is 1. The molecule has 0 heterocycles. The van der Waals surface area contributed by atoms with Crippen LogP contribution < -0.4 is 0 Å². The fourth-order valence-electron chi connectivity index (χ4n) is 1.35. The standard InChI is InChI=1S/C12H25NOS/c1-11(2,3)10(14)9(8-15)13(7)12(4,5)6/h9,15H,8H2,1-7H3/t9-/m0/s1. The van der Waals surface area contributed by atoms with Crippen LogP contribution in [0.25, 0.3) is 0 Å². The summed E-state index contributed by atoms with van der Waals surface area (Å²) in [5, 5.41) is 0. The van der Waals surface area contributed by atoms with E-state index in [9.17, 15) is 4.79 Å². The zero-order valence-corrected chi connectivity index (χ0v) is 12.0. The minimum atomic E-state index is -0.299. The Morgan fingerprint density at radius 2 is 1.60 bits per heavy atom. The lowest BCUT2D eigenvalue weighted by atomic mass is 9.85. The first-order chi connectivity index (χ1) is 6.51. The Morgan fingerprint density at radius 1 is 1.20 bits per heavy atom. The molecule has 0 aromatic rings. The van der Waals surface area contributed by atoms with Crippen molar-refractivity contribution in [1.29, 1.82) is 0 Å². The normalized spacial score (nSPS) is 15.5. The fourth-order valence-corrected chi connectivity index (χ4v) is 1.76. The minimum absolute atomic E-state index is 0.00565. The van der Waals surface area contributed by atoms with E-state index in [1.807, 2.05) is 27.8 Å². The predicted octanol–water partition coefficient (Wildman–Crippen LogP) is 2.63. The monoisotopic (exact) mass is 231 g/mol. The molecular weight excluding hydrogens is 206 g/mol. The van der Waals surface area contributed by atoms with Crippen molar-refractivity contribution in [3.8, 4) is 0 Å². The molecule has 0 rings (SSSR count). The number of Topliss-reactive ketones (excluding diaryl/α,β-unsaturated/α-hetero) is 1. The maximum Gasteiger partial charge on any atom is 0.156 e. The van der Waals surface area contributed by atoms with Crippen molar-refractivity contribution in [3.63, 3.8) is 0 Å². The van der Waals surface area contributed by atoms with Crippen LogP contribution in [0, 0.1) is 5.41 Å². The van der Waals surface area contributed by atoms with E-state index in [1.54, 1.807) is 0 Å². The molecule has 0 bridgehead atoms. The van der Waals surface area contributed by atoms with Crippen molar-refractivity contribution >= 4 is 18.4 Å². The Hall–Kier alpha value is -0.0200. The summed E-state index contributed by atoms with van der Waals surface area (Å²) < 4.78 is 0. The van der Waals surface area contributed by atoms with Gasteiger partial charge in [0.2, 0.25) is 0 Å². The number of carbonyl (C=O) groups excluding carboxylic acids is 1. The van der Waals surface area contributed by atoms with Crippen molar-refractivity contribution in [2.75, 3.05) is 12.8 Å². The first kappa shape index (κ1) is 15.0. The molecule has 0 amide bonds. The Balaban J connectivity index is 4.87. The lowest BCUT2D eigenvalue weighted by Gasteiger charge is -2.39. The van der Waals surface area contributed by atoms with Crippen LogP contribution in [-0.2, 0) is 4.79 Å². The Kier molecular flexibility index (Phi) is 4.87. The summed E-state index contributed by atoms with van der Waals surface area (Å²) in [4.78, 5) is 14.3. The lowest BCUT2D eigenvalue weighted by Crippen LogP contribution is -2.52. The van der Waals surface area contributed by atoms with Gasteiger partial charge in [0.15, 0.2) is 5.78 Å². The molecule has 0 aromatic carbocycles. The Morgan fingerprint density at radius 3 is 1.80 bits per heavy atom. The van der Waals surface area contributed by atoms with Crippen LogP contribution in [0.15, 0.2) is 0 Å². The van der Waals surface area contributed by atoms with Crippen molar-refractivity contribution < 1.29 is 4.79 Å². The van der Waals surface area contributed by atoms with Gasteiger partial charge in [0.05, 0.1) is 6.04 Å². The molecule has 0 aliphatic rings. The van der Waals surface area contributed by atoms with Crippen LogP contribution in [0.2, 0.25) is 0 Å². The first-order valence-electron chi connectivity index (χ1n) is 5.40. The van der Waals surface area contributed by atoms with Gasteiger partial charge < -0.3 is 0 Å². The molecule has 0 aromatic heterocycles. The van der Waals surface area contributed by atoms with Gasteiger partial charge in [-0.15, -0.1) is 0 Å². The topological polar surface area (TPSA) is 20.3 Å². The number of thiol groups is 1. The van der Waals surface area contributed by atoms with Gasteiger partial charge in [0, 0.05) is 16.7 Å². The molecule has 2 nitrogen and oxygen atoms in total. The molecule has 0 radical (unpaired) electrons. The average molecular weight is 231 g/mol. The molecule has 0 unspecified atom stereocenters. The number of rotatable bonds is 3. The summed E-state index contributed by atoms with van der Waals surface area (Å²) in [6.07, 6.45) is 0. The van der Waals surface area contributed by atoms with Gasteiger partial charge in [0.1, 0.15) is 0 Å². The van der Waals surface area contributed by atoms with Gasteiger partial charge in [-0.1, -0.05) is 20.8 Å². The highest BCUT2D eigenvalue weighted by Gasteiger charge is 2.35. The molecule has 0 saturated heterocycles. The van der Waals surface area contributed by atoms with E-state index < -0.39 is 0 Å². The molecule has 3 heteroatoms. The van der Waals surface area contributed by atoms with Crippen LogP contribution >= 0.6 is 12.6 Å². The zero-order chi connectivity index (χ0) is 12.4. The van der Waals surface area contributed by atoms with Gasteiger partial charge in [-0.3, -0.25) is 9.69 Å². The number of carbonyl (C=O) groups is 1. The third kappa shape index (κ3) is 4.15. The molecule has 0 fully saturated rings. The molecule has 0 N–H and O–H groups in total. The molecule has 0 aliphatic carbocycles. The summed E-state index contributed by atoms with van der Waals surface area (Å²) in [6, 6.07) is -0.103. The molecule has 0 saturated carbocycles. The summed E-state index contributed by atoms with van der Waals surface area (Å²) in [6.45, 7) is 12.2. The van der Waals surface area contributed by atoms with Crippen molar-refractivity contribution in [2.45, 2.75) is 53.1 Å². The maximum absolute atomic E-state index is 12.2. The smallest absolute Gasteiger partial charge is 0.156 e. The van der Waals surface area contributed by atoms with E-state index in [4.69, 9.17) is 0 Å². The van der Waals surface area contributed by atoms with Gasteiger partial charge >= 0.3 is 0 Å². The number of hydrogen-bond donors (Lipinski definition) is 1. The minimum Gasteiger partial charge on any atom is -0.297 e. The second kappa shape index (κ2) is 4.88. The summed E-state index contributed by atoms with van der Waals surface area (Å²) in [7, 11) is 1.99. The second-order valence-electron chi connectivity index (χ2n) is 6.09. The van der Waals surface area contributed by atoms with Crippen molar-refractivity contribution in [1.82, 2.24) is 4.90 Å². The average Bonchev–Trinajstić information content (AvgIpc) is 2.01. The molecule has 0 aliphatic heterocycles. The molecule has 0 spiro atoms. The van der Waals surface area contributed by atoms with E-state index in [1.165, 1.54) is 0 Å². The van der Waals surface area contributed by atoms with E-state index >= 15 is 0 Å². The zero-order valence-electron chi connectivity index (χ0n) is 11.1. The largest absolute Gasteiger partial charge is 0.297 e. The van der Waals surface area contributed by atoms with Crippen LogP contribution in [0.3, 0.4) is 0 Å². The number of hydrogen-bond acceptors (Lipinski definition) is 3. The third-order valence-electron chi connectivity index (χ3n) is 2.74. The van der Waals surface area contributed by atoms with E-state index in [-0.39, 0.29) is 22.8 Å². The SMILES string of the molecule is CN([C@@H](CS)C(=O)C(C)(C)C)C(C)(C)C. The number of nitrogens with zero attached hydrogens (tertiary/aromatic N) is 1. The lowest BCUT2D eigenvalue weighted by molar-refractivity contribution is -0.132. The summed E-state index contributed by atoms with van der Waals surface area (Å²) in [5.74, 6) is 0.832. The first-order valence-corrected chi connectivity index (χ1v) is 6.03. The van der Waals surface area contributed by atoms with Crippen LogP contribution in [0.4, 0.5) is 0 Å². The van der Waals surface area contributed by atoms with E-state index in [0.717, 1.165) is 0 Å². The van der Waals surface area contributed by atoms with Crippen LogP contribution in [0.5, 0.6) is 0 Å². The van der Waals surface area contributed by atoms with Gasteiger partial charge in [-0.05, 0) is 27.8 Å². The molecule has 90 valence electrons. The quantitative estimate of drug-likeness (QED) is 0.754. The highest BCUT2D eigenvalue weighted by molar-refractivity contribution is 7.80. The molecule has 15 heavy (non-hydrogen) atoms. The predicted molar refractivity (Wildman–Crippen MR) is 69.6 cm³/mol. The van der Waals surface area contributed by atoms with E-state index in [2.05, 4.69) is 38.3 Å². The van der Waals surface area contributed by atoms with Crippen molar-refractivity contribution in [2.24, 2.45) is 5.41 Å². The highest BCUT2D eigenvalue weighted by Crippen LogP contribution is 2.23. The van der Waals surface area contributed by atoms with Gasteiger partial charge in [-0.25, -0.2) is 0 Å². The maximum atomic E-state index is 12.2. The Labute approximate surface area is 99.8 Å². The Bertz CT molecular complexity index is 225. The molecular formula is C12H25NOS. The second-order valence-corrected chi connectivity index (χ2v) is 6.46. The van der Waals surface area contributed by atoms with Crippen molar-refractivity contribution in [3.05, 3.63) is 0 Å². The highest BCUT2D eigenvalue weighted by atomic mass is 32.1. The number of ketones is 1. The van der Waals surface area contributed by atoms with Crippen LogP contribution in [-0.4, -0.2) is 35.1 Å². The molecule has 1 atom stereocenters. The van der Waals surface area contributed by atoms with Gasteiger partial charge in [0.25, 0.3) is 0 Å². The summed E-state index contributed by atoms with van der Waals surface area (Å²) in [5.41, 5.74) is -0.304. The fraction of sp³-hybridized carbons (Fsp3) is 0.917. The van der Waals surface area contributed by atoms with Crippen LogP contribution in [0.1, 0.15) is 41.5 Å². The summed E-state index contributed by atoms with van der Waals surface area (Å²) >= 11 is 4.30. The van der Waals surface area contributed by atoms with E-state index in [0.29, 0.717) is 5.75 Å². The third-order valence-corrected chi connectivity index (χ3v) is 3.09. The van der Waals surface area contributed by atoms with Gasteiger partial charge in [-0.2, -0.15) is 12.6 Å².